The van der Waals surface area contributed by atoms with Crippen LogP contribution in [0.3, 0.4) is 0 Å². The lowest BCUT2D eigenvalue weighted by atomic mass is 10.1. The first-order chi connectivity index (χ1) is 17.6. The predicted octanol–water partition coefficient (Wildman–Crippen LogP) is 6.36. The highest BCUT2D eigenvalue weighted by Crippen LogP contribution is 2.26. The molecule has 0 aliphatic carbocycles. The van der Waals surface area contributed by atoms with Crippen molar-refractivity contribution in [2.24, 2.45) is 17.1 Å². The quantitative estimate of drug-likeness (QED) is 0.234. The molecule has 36 heavy (non-hydrogen) atoms. The van der Waals surface area contributed by atoms with Crippen molar-refractivity contribution in [3.63, 3.8) is 0 Å². The number of hydrogen-bond acceptors (Lipinski definition) is 5. The third kappa shape index (κ3) is 4.57. The van der Waals surface area contributed by atoms with Crippen LogP contribution in [0, 0.1) is 6.92 Å². The van der Waals surface area contributed by atoms with Gasteiger partial charge in [0.1, 0.15) is 0 Å². The van der Waals surface area contributed by atoms with Crippen LogP contribution in [0.4, 0.5) is 5.69 Å². The summed E-state index contributed by atoms with van der Waals surface area (Å²) in [4.78, 5) is 20.2. The maximum atomic E-state index is 13.5. The Labute approximate surface area is 217 Å². The van der Waals surface area contributed by atoms with Crippen LogP contribution in [0.5, 0.6) is 0 Å². The Balaban J connectivity index is 1.74. The highest BCUT2D eigenvalue weighted by molar-refractivity contribution is 7.14. The van der Waals surface area contributed by atoms with Crippen LogP contribution in [0.25, 0.3) is 16.3 Å². The van der Waals surface area contributed by atoms with Crippen LogP contribution in [0.2, 0.25) is 0 Å². The lowest BCUT2D eigenvalue weighted by molar-refractivity contribution is 0.630. The topological polar surface area (TPSA) is 56.6 Å². The highest BCUT2D eigenvalue weighted by atomic mass is 32.1. The second kappa shape index (κ2) is 10.5. The molecule has 0 radical (unpaired) electrons. The first-order valence-electron chi connectivity index (χ1n) is 11.8. The van der Waals surface area contributed by atoms with Crippen LogP contribution in [-0.2, 0) is 7.05 Å². The monoisotopic (exact) mass is 513 g/mol. The Morgan fingerprint density at radius 1 is 0.944 bits per heavy atom. The number of thiophene rings is 1. The fourth-order valence-electron chi connectivity index (χ4n) is 4.09. The van der Waals surface area contributed by atoms with Gasteiger partial charge in [-0.2, -0.15) is 5.10 Å². The molecule has 0 unspecified atom stereocenters. The van der Waals surface area contributed by atoms with Crippen molar-refractivity contribution >= 4 is 34.1 Å². The van der Waals surface area contributed by atoms with Gasteiger partial charge in [0.05, 0.1) is 27.7 Å². The Morgan fingerprint density at radius 2 is 1.67 bits per heavy atom. The molecule has 6 nitrogen and oxygen atoms in total. The van der Waals surface area contributed by atoms with Crippen molar-refractivity contribution in [3.05, 3.63) is 110 Å². The zero-order chi connectivity index (χ0) is 25.1. The highest BCUT2D eigenvalue weighted by Gasteiger charge is 2.17. The molecule has 3 aromatic heterocycles. The van der Waals surface area contributed by atoms with Gasteiger partial charge >= 0.3 is 0 Å². The van der Waals surface area contributed by atoms with Gasteiger partial charge in [-0.25, -0.2) is 14.4 Å². The summed E-state index contributed by atoms with van der Waals surface area (Å²) in [6.45, 7) is 4.08. The number of hydrogen-bond donors (Lipinski definition) is 0. The molecular weight excluding hydrogens is 486 g/mol. The predicted molar refractivity (Wildman–Crippen MR) is 150 cm³/mol. The first kappa shape index (κ1) is 24.0. The molecule has 0 N–H and O–H groups in total. The van der Waals surface area contributed by atoms with Gasteiger partial charge in [-0.15, -0.1) is 22.7 Å². The second-order valence-electron chi connectivity index (χ2n) is 8.38. The Bertz CT molecular complexity index is 1620. The van der Waals surface area contributed by atoms with Crippen molar-refractivity contribution in [3.8, 4) is 16.3 Å². The third-order valence-electron chi connectivity index (χ3n) is 6.00. The van der Waals surface area contributed by atoms with E-state index in [4.69, 9.17) is 10.1 Å². The molecule has 2 aromatic carbocycles. The summed E-state index contributed by atoms with van der Waals surface area (Å²) in [5.41, 5.74) is 4.91. The maximum absolute atomic E-state index is 13.5. The molecule has 0 aliphatic heterocycles. The van der Waals surface area contributed by atoms with E-state index in [1.165, 1.54) is 11.3 Å². The number of aromatic nitrogens is 3. The molecule has 3 heterocycles. The van der Waals surface area contributed by atoms with Gasteiger partial charge in [-0.05, 0) is 42.5 Å². The molecular formula is C28H27N5OS2. The fraction of sp³-hybridized carbons (Fsp3) is 0.179. The second-order valence-corrected chi connectivity index (χ2v) is 10.2. The van der Waals surface area contributed by atoms with Gasteiger partial charge in [0.2, 0.25) is 4.80 Å². The van der Waals surface area contributed by atoms with Crippen LogP contribution in [0.15, 0.2) is 98.4 Å². The summed E-state index contributed by atoms with van der Waals surface area (Å²) in [7, 11) is 1.88. The van der Waals surface area contributed by atoms with Gasteiger partial charge in [-0.3, -0.25) is 9.48 Å². The molecule has 182 valence electrons. The molecule has 0 bridgehead atoms. The van der Waals surface area contributed by atoms with E-state index in [9.17, 15) is 4.79 Å². The zero-order valence-corrected chi connectivity index (χ0v) is 22.1. The third-order valence-corrected chi connectivity index (χ3v) is 7.71. The molecule has 0 spiro atoms. The lowest BCUT2D eigenvalue weighted by Gasteiger charge is -2.08. The number of benzene rings is 2. The van der Waals surface area contributed by atoms with Crippen molar-refractivity contribution in [1.29, 1.82) is 0 Å². The molecule has 0 saturated carbocycles. The fourth-order valence-corrected chi connectivity index (χ4v) is 5.72. The molecule has 0 fully saturated rings. The van der Waals surface area contributed by atoms with Crippen LogP contribution < -0.4 is 10.4 Å². The molecule has 0 aliphatic rings. The van der Waals surface area contributed by atoms with Crippen LogP contribution >= 0.6 is 22.7 Å². The van der Waals surface area contributed by atoms with Gasteiger partial charge < -0.3 is 0 Å². The van der Waals surface area contributed by atoms with Crippen molar-refractivity contribution < 1.29 is 0 Å². The van der Waals surface area contributed by atoms with E-state index in [-0.39, 0.29) is 5.56 Å². The average molecular weight is 514 g/mol. The SMILES string of the molecule is CCCC(=Nn1c(-c2cccs2)csc1=Nc1c(C)n(C)n(-c2ccccc2)c1=O)c1ccccc1. The normalized spacial score (nSPS) is 12.4. The van der Waals surface area contributed by atoms with Gasteiger partial charge in [0.25, 0.3) is 5.56 Å². The molecule has 5 aromatic rings. The maximum Gasteiger partial charge on any atom is 0.297 e. The minimum atomic E-state index is -0.153. The Morgan fingerprint density at radius 3 is 2.33 bits per heavy atom. The number of thiazole rings is 1. The summed E-state index contributed by atoms with van der Waals surface area (Å²) < 4.78 is 5.40. The molecule has 0 atom stereocenters. The summed E-state index contributed by atoms with van der Waals surface area (Å²) in [6, 6.07) is 24.0. The largest absolute Gasteiger partial charge is 0.297 e. The molecule has 0 saturated heterocycles. The minimum absolute atomic E-state index is 0.153. The summed E-state index contributed by atoms with van der Waals surface area (Å²) in [6.07, 6.45) is 1.81. The van der Waals surface area contributed by atoms with Crippen LogP contribution in [0.1, 0.15) is 31.0 Å². The van der Waals surface area contributed by atoms with Gasteiger partial charge in [0, 0.05) is 12.4 Å². The van der Waals surface area contributed by atoms with Crippen LogP contribution in [-0.4, -0.2) is 19.8 Å². The van der Waals surface area contributed by atoms with Gasteiger partial charge in [0.15, 0.2) is 5.69 Å². The van der Waals surface area contributed by atoms with E-state index < -0.39 is 0 Å². The van der Waals surface area contributed by atoms with Crippen molar-refractivity contribution in [1.82, 2.24) is 14.0 Å². The minimum Gasteiger partial charge on any atom is -0.283 e. The van der Waals surface area contributed by atoms with Crippen molar-refractivity contribution in [2.45, 2.75) is 26.7 Å². The number of para-hydroxylation sites is 1. The smallest absolute Gasteiger partial charge is 0.283 e. The van der Waals surface area contributed by atoms with Crippen molar-refractivity contribution in [2.75, 3.05) is 0 Å². The number of nitrogens with zero attached hydrogens (tertiary/aromatic N) is 5. The van der Waals surface area contributed by atoms with E-state index in [0.717, 1.165) is 46.1 Å². The standard InChI is InChI=1S/C28H27N5OS2/c1-4-12-23(21-13-7-5-8-14-21)30-32-24(25-17-11-18-35-25)19-36-28(32)29-26-20(2)31(3)33(27(26)34)22-15-9-6-10-16-22/h5-11,13-19H,4,12H2,1-3H3. The summed E-state index contributed by atoms with van der Waals surface area (Å²) >= 11 is 3.15. The first-order valence-corrected chi connectivity index (χ1v) is 13.6. The summed E-state index contributed by atoms with van der Waals surface area (Å²) in [5, 5.41) is 9.24. The van der Waals surface area contributed by atoms with E-state index >= 15 is 0 Å². The van der Waals surface area contributed by atoms with Gasteiger partial charge in [-0.1, -0.05) is 67.9 Å². The Kier molecular flexibility index (Phi) is 6.97. The molecule has 5 rings (SSSR count). The Hall–Kier alpha value is -3.75. The lowest BCUT2D eigenvalue weighted by Crippen LogP contribution is -2.20. The van der Waals surface area contributed by atoms with E-state index in [1.807, 2.05) is 77.9 Å². The molecule has 8 heteroatoms. The van der Waals surface area contributed by atoms with E-state index in [2.05, 4.69) is 35.9 Å². The summed E-state index contributed by atoms with van der Waals surface area (Å²) in [5.74, 6) is 0. The number of rotatable bonds is 7. The zero-order valence-electron chi connectivity index (χ0n) is 20.5. The van der Waals surface area contributed by atoms with E-state index in [0.29, 0.717) is 10.5 Å². The average Bonchev–Trinajstić information content (AvgIpc) is 3.62. The van der Waals surface area contributed by atoms with E-state index in [1.54, 1.807) is 16.0 Å². The molecule has 0 amide bonds.